The van der Waals surface area contributed by atoms with Crippen molar-refractivity contribution in [3.05, 3.63) is 54.1 Å². The van der Waals surface area contributed by atoms with Crippen LogP contribution in [0, 0.1) is 6.92 Å². The Morgan fingerprint density at radius 1 is 1.26 bits per heavy atom. The minimum Gasteiger partial charge on any atom is -0.312 e. The lowest BCUT2D eigenvalue weighted by atomic mass is 10.0. The summed E-state index contributed by atoms with van der Waals surface area (Å²) in [6, 6.07) is 8.27. The highest BCUT2D eigenvalue weighted by Crippen LogP contribution is 2.32. The number of aryl methyl sites for hydroxylation is 1. The zero-order valence-electron chi connectivity index (χ0n) is 10.6. The predicted molar refractivity (Wildman–Crippen MR) is 88.7 cm³/mol. The molecule has 1 N–H and O–H groups in total. The van der Waals surface area contributed by atoms with Crippen molar-refractivity contribution in [2.24, 2.45) is 0 Å². The SMILES string of the molecule is CNC(Cc1ccc(Cl)c(Cl)c1)c1cc(Br)c(C)s1. The molecule has 0 aliphatic rings. The van der Waals surface area contributed by atoms with Crippen molar-refractivity contribution in [3.63, 3.8) is 0 Å². The Kier molecular flexibility index (Phi) is 5.32. The van der Waals surface area contributed by atoms with Crippen molar-refractivity contribution in [2.75, 3.05) is 7.05 Å². The molecule has 1 aromatic heterocycles. The van der Waals surface area contributed by atoms with E-state index in [2.05, 4.69) is 34.2 Å². The average molecular weight is 379 g/mol. The molecule has 1 atom stereocenters. The molecular formula is C14H14BrCl2NS. The molecular weight excluding hydrogens is 365 g/mol. The topological polar surface area (TPSA) is 12.0 Å². The maximum atomic E-state index is 6.06. The minimum absolute atomic E-state index is 0.284. The van der Waals surface area contributed by atoms with Crippen molar-refractivity contribution >= 4 is 50.5 Å². The predicted octanol–water partition coefficient (Wildman–Crippen LogP) is 5.63. The van der Waals surface area contributed by atoms with E-state index in [-0.39, 0.29) is 6.04 Å². The van der Waals surface area contributed by atoms with Gasteiger partial charge in [0.2, 0.25) is 0 Å². The van der Waals surface area contributed by atoms with Crippen LogP contribution < -0.4 is 5.32 Å². The maximum absolute atomic E-state index is 6.06. The summed E-state index contributed by atoms with van der Waals surface area (Å²) in [5.41, 5.74) is 1.18. The van der Waals surface area contributed by atoms with Gasteiger partial charge < -0.3 is 5.32 Å². The molecule has 2 rings (SSSR count). The van der Waals surface area contributed by atoms with Crippen LogP contribution >= 0.6 is 50.5 Å². The van der Waals surface area contributed by atoms with E-state index >= 15 is 0 Å². The largest absolute Gasteiger partial charge is 0.312 e. The van der Waals surface area contributed by atoms with E-state index in [1.807, 2.05) is 25.2 Å². The second-order valence-electron chi connectivity index (χ2n) is 4.35. The standard InChI is InChI=1S/C14H14BrCl2NS/c1-8-10(15)7-14(19-8)13(18-2)6-9-3-4-11(16)12(17)5-9/h3-5,7,13,18H,6H2,1-2H3. The Bertz CT molecular complexity index is 563. The van der Waals surface area contributed by atoms with Crippen molar-refractivity contribution in [1.82, 2.24) is 5.32 Å². The Balaban J connectivity index is 2.21. The van der Waals surface area contributed by atoms with Gasteiger partial charge in [-0.05, 0) is 60.1 Å². The van der Waals surface area contributed by atoms with E-state index in [4.69, 9.17) is 23.2 Å². The van der Waals surface area contributed by atoms with Gasteiger partial charge in [-0.25, -0.2) is 0 Å². The van der Waals surface area contributed by atoms with Gasteiger partial charge in [-0.3, -0.25) is 0 Å². The Hall–Kier alpha value is -0.0600. The van der Waals surface area contributed by atoms with Gasteiger partial charge in [0.25, 0.3) is 0 Å². The second-order valence-corrected chi connectivity index (χ2v) is 7.30. The molecule has 0 spiro atoms. The zero-order chi connectivity index (χ0) is 14.0. The van der Waals surface area contributed by atoms with Gasteiger partial charge in [0.05, 0.1) is 10.0 Å². The molecule has 0 fully saturated rings. The second kappa shape index (κ2) is 6.59. The van der Waals surface area contributed by atoms with Crippen LogP contribution in [0.25, 0.3) is 0 Å². The van der Waals surface area contributed by atoms with Crippen LogP contribution in [0.15, 0.2) is 28.7 Å². The van der Waals surface area contributed by atoms with Gasteiger partial charge in [0.15, 0.2) is 0 Å². The lowest BCUT2D eigenvalue weighted by molar-refractivity contribution is 0.602. The molecule has 0 radical (unpaired) electrons. The highest BCUT2D eigenvalue weighted by Gasteiger charge is 2.14. The third-order valence-corrected chi connectivity index (χ3v) is 5.98. The molecule has 5 heteroatoms. The van der Waals surface area contributed by atoms with Crippen LogP contribution in [-0.4, -0.2) is 7.05 Å². The van der Waals surface area contributed by atoms with E-state index < -0.39 is 0 Å². The van der Waals surface area contributed by atoms with Gasteiger partial charge in [0, 0.05) is 20.3 Å². The number of benzene rings is 1. The van der Waals surface area contributed by atoms with Crippen LogP contribution in [0.1, 0.15) is 21.4 Å². The molecule has 1 unspecified atom stereocenters. The Morgan fingerprint density at radius 2 is 2.00 bits per heavy atom. The maximum Gasteiger partial charge on any atom is 0.0595 e. The van der Waals surface area contributed by atoms with E-state index in [1.165, 1.54) is 19.8 Å². The number of likely N-dealkylation sites (N-methyl/N-ethyl adjacent to an activating group) is 1. The molecule has 0 saturated heterocycles. The number of hydrogen-bond acceptors (Lipinski definition) is 2. The molecule has 0 aliphatic carbocycles. The number of rotatable bonds is 4. The van der Waals surface area contributed by atoms with Gasteiger partial charge in [-0.2, -0.15) is 0 Å². The summed E-state index contributed by atoms with van der Waals surface area (Å²) in [6.07, 6.45) is 0.889. The lowest BCUT2D eigenvalue weighted by Gasteiger charge is -2.15. The van der Waals surface area contributed by atoms with E-state index in [0.717, 1.165) is 6.42 Å². The van der Waals surface area contributed by atoms with Crippen LogP contribution in [0.2, 0.25) is 10.0 Å². The summed E-state index contributed by atoms with van der Waals surface area (Å²) in [7, 11) is 1.98. The third kappa shape index (κ3) is 3.73. The van der Waals surface area contributed by atoms with Gasteiger partial charge in [0.1, 0.15) is 0 Å². The molecule has 19 heavy (non-hydrogen) atoms. The van der Waals surface area contributed by atoms with Crippen LogP contribution in [0.3, 0.4) is 0 Å². The minimum atomic E-state index is 0.284. The molecule has 0 aliphatic heterocycles. The van der Waals surface area contributed by atoms with Gasteiger partial charge >= 0.3 is 0 Å². The summed E-state index contributed by atoms with van der Waals surface area (Å²) in [5.74, 6) is 0. The zero-order valence-corrected chi connectivity index (χ0v) is 14.6. The fourth-order valence-electron chi connectivity index (χ4n) is 1.90. The number of hydrogen-bond donors (Lipinski definition) is 1. The van der Waals surface area contributed by atoms with Crippen molar-refractivity contribution in [1.29, 1.82) is 0 Å². The molecule has 1 nitrogen and oxygen atoms in total. The first kappa shape index (κ1) is 15.3. The molecule has 1 heterocycles. The first-order valence-electron chi connectivity index (χ1n) is 5.88. The summed E-state index contributed by atoms with van der Waals surface area (Å²) < 4.78 is 1.17. The Morgan fingerprint density at radius 3 is 2.53 bits per heavy atom. The summed E-state index contributed by atoms with van der Waals surface area (Å²) in [4.78, 5) is 2.61. The normalized spacial score (nSPS) is 12.7. The number of nitrogens with one attached hydrogen (secondary N) is 1. The van der Waals surface area contributed by atoms with E-state index in [9.17, 15) is 0 Å². The summed E-state index contributed by atoms with van der Waals surface area (Å²) >= 11 is 17.4. The quantitative estimate of drug-likeness (QED) is 0.726. The fraction of sp³-hybridized carbons (Fsp3) is 0.286. The van der Waals surface area contributed by atoms with Crippen molar-refractivity contribution in [2.45, 2.75) is 19.4 Å². The molecule has 0 saturated carbocycles. The highest BCUT2D eigenvalue weighted by atomic mass is 79.9. The summed E-state index contributed by atoms with van der Waals surface area (Å²) in [5, 5.41) is 4.56. The molecule has 0 amide bonds. The highest BCUT2D eigenvalue weighted by molar-refractivity contribution is 9.10. The van der Waals surface area contributed by atoms with E-state index in [0.29, 0.717) is 10.0 Å². The van der Waals surface area contributed by atoms with Crippen LogP contribution in [0.5, 0.6) is 0 Å². The smallest absolute Gasteiger partial charge is 0.0595 e. The first-order valence-corrected chi connectivity index (χ1v) is 8.25. The average Bonchev–Trinajstić information content (AvgIpc) is 2.71. The van der Waals surface area contributed by atoms with Crippen molar-refractivity contribution < 1.29 is 0 Å². The van der Waals surface area contributed by atoms with Crippen LogP contribution in [-0.2, 0) is 6.42 Å². The molecule has 0 bridgehead atoms. The monoisotopic (exact) mass is 377 g/mol. The van der Waals surface area contributed by atoms with Crippen molar-refractivity contribution in [3.8, 4) is 0 Å². The molecule has 1 aromatic carbocycles. The summed E-state index contributed by atoms with van der Waals surface area (Å²) in [6.45, 7) is 2.12. The van der Waals surface area contributed by atoms with Gasteiger partial charge in [-0.15, -0.1) is 11.3 Å². The fourth-order valence-corrected chi connectivity index (χ4v) is 3.89. The lowest BCUT2D eigenvalue weighted by Crippen LogP contribution is -2.17. The number of halogens is 3. The third-order valence-electron chi connectivity index (χ3n) is 2.99. The number of thiophene rings is 1. The van der Waals surface area contributed by atoms with Crippen LogP contribution in [0.4, 0.5) is 0 Å². The molecule has 102 valence electrons. The first-order chi connectivity index (χ1) is 9.01. The van der Waals surface area contributed by atoms with Gasteiger partial charge in [-0.1, -0.05) is 29.3 Å². The Labute approximate surface area is 136 Å². The van der Waals surface area contributed by atoms with E-state index in [1.54, 1.807) is 11.3 Å². The molecule has 2 aromatic rings.